The standard InChI is InChI=1S/C23H23ClN4O2/c1-30-21-8-7-20(24)13-18(21)16-27-9-11-28(12-10-27)23(29)19-14-25-22(26-15-19)17-5-3-2-4-6-17/h2-8,13-15H,9-12,16H2,1H3. The van der Waals surface area contributed by atoms with Gasteiger partial charge in [-0.25, -0.2) is 9.97 Å². The molecule has 0 unspecified atom stereocenters. The molecular weight excluding hydrogens is 400 g/mol. The Morgan fingerprint density at radius 1 is 1.03 bits per heavy atom. The SMILES string of the molecule is COc1ccc(Cl)cc1CN1CCN(C(=O)c2cnc(-c3ccccc3)nc2)CC1. The molecule has 6 nitrogen and oxygen atoms in total. The molecule has 1 amide bonds. The number of methoxy groups -OCH3 is 1. The maximum absolute atomic E-state index is 12.8. The maximum atomic E-state index is 12.8. The molecule has 0 saturated carbocycles. The number of hydrogen-bond acceptors (Lipinski definition) is 5. The lowest BCUT2D eigenvalue weighted by atomic mass is 10.1. The van der Waals surface area contributed by atoms with Crippen LogP contribution >= 0.6 is 11.6 Å². The van der Waals surface area contributed by atoms with E-state index >= 15 is 0 Å². The molecule has 0 spiro atoms. The summed E-state index contributed by atoms with van der Waals surface area (Å²) in [4.78, 5) is 25.7. The van der Waals surface area contributed by atoms with Crippen molar-refractivity contribution in [3.8, 4) is 17.1 Å². The summed E-state index contributed by atoms with van der Waals surface area (Å²) in [7, 11) is 1.66. The molecule has 0 bridgehead atoms. The summed E-state index contributed by atoms with van der Waals surface area (Å²) < 4.78 is 5.44. The Morgan fingerprint density at radius 3 is 2.40 bits per heavy atom. The van der Waals surface area contributed by atoms with E-state index < -0.39 is 0 Å². The summed E-state index contributed by atoms with van der Waals surface area (Å²) in [6, 6.07) is 15.4. The van der Waals surface area contributed by atoms with Crippen LogP contribution in [0.15, 0.2) is 60.9 Å². The second kappa shape index (κ2) is 9.24. The zero-order chi connectivity index (χ0) is 20.9. The van der Waals surface area contributed by atoms with Gasteiger partial charge in [0, 0.05) is 61.3 Å². The molecule has 0 atom stereocenters. The van der Waals surface area contributed by atoms with Crippen LogP contribution in [0, 0.1) is 0 Å². The third kappa shape index (κ3) is 4.61. The highest BCUT2D eigenvalue weighted by Crippen LogP contribution is 2.24. The summed E-state index contributed by atoms with van der Waals surface area (Å²) in [5.74, 6) is 1.41. The fourth-order valence-corrected chi connectivity index (χ4v) is 3.77. The molecule has 0 radical (unpaired) electrons. The summed E-state index contributed by atoms with van der Waals surface area (Å²) in [5, 5.41) is 0.693. The molecule has 0 N–H and O–H groups in total. The molecule has 2 aromatic carbocycles. The molecule has 1 fully saturated rings. The number of halogens is 1. The Morgan fingerprint density at radius 2 is 1.73 bits per heavy atom. The van der Waals surface area contributed by atoms with Gasteiger partial charge >= 0.3 is 0 Å². The predicted molar refractivity (Wildman–Crippen MR) is 117 cm³/mol. The Bertz CT molecular complexity index is 1000. The fraction of sp³-hybridized carbons (Fsp3) is 0.261. The Hall–Kier alpha value is -2.96. The first-order valence-electron chi connectivity index (χ1n) is 9.85. The van der Waals surface area contributed by atoms with Crippen molar-refractivity contribution in [2.45, 2.75) is 6.54 Å². The van der Waals surface area contributed by atoms with Crippen molar-refractivity contribution in [2.75, 3.05) is 33.3 Å². The van der Waals surface area contributed by atoms with E-state index in [1.165, 1.54) is 0 Å². The highest BCUT2D eigenvalue weighted by molar-refractivity contribution is 6.30. The molecule has 3 aromatic rings. The van der Waals surface area contributed by atoms with Crippen LogP contribution in [0.1, 0.15) is 15.9 Å². The Kier molecular flexibility index (Phi) is 6.26. The molecule has 1 aliphatic heterocycles. The van der Waals surface area contributed by atoms with Gasteiger partial charge in [0.05, 0.1) is 12.7 Å². The number of nitrogens with zero attached hydrogens (tertiary/aromatic N) is 4. The quantitative estimate of drug-likeness (QED) is 0.626. The summed E-state index contributed by atoms with van der Waals surface area (Å²) in [6.45, 7) is 3.61. The van der Waals surface area contributed by atoms with Crippen molar-refractivity contribution in [2.24, 2.45) is 0 Å². The van der Waals surface area contributed by atoms with Crippen LogP contribution in [0.4, 0.5) is 0 Å². The first kappa shape index (κ1) is 20.3. The third-order valence-electron chi connectivity index (χ3n) is 5.23. The van der Waals surface area contributed by atoms with Gasteiger partial charge in [-0.15, -0.1) is 0 Å². The molecule has 30 heavy (non-hydrogen) atoms. The van der Waals surface area contributed by atoms with Gasteiger partial charge in [0.2, 0.25) is 0 Å². The fourth-order valence-electron chi connectivity index (χ4n) is 3.58. The largest absolute Gasteiger partial charge is 0.496 e. The van der Waals surface area contributed by atoms with Crippen molar-refractivity contribution in [1.82, 2.24) is 19.8 Å². The number of hydrogen-bond donors (Lipinski definition) is 0. The second-order valence-corrected chi connectivity index (χ2v) is 7.62. The number of carbonyl (C=O) groups is 1. The highest BCUT2D eigenvalue weighted by Gasteiger charge is 2.23. The van der Waals surface area contributed by atoms with Gasteiger partial charge in [-0.1, -0.05) is 41.9 Å². The van der Waals surface area contributed by atoms with Crippen LogP contribution in [0.25, 0.3) is 11.4 Å². The van der Waals surface area contributed by atoms with Gasteiger partial charge in [0.1, 0.15) is 5.75 Å². The molecule has 1 aliphatic rings. The van der Waals surface area contributed by atoms with Crippen molar-refractivity contribution >= 4 is 17.5 Å². The van der Waals surface area contributed by atoms with Gasteiger partial charge in [0.15, 0.2) is 5.82 Å². The zero-order valence-corrected chi connectivity index (χ0v) is 17.5. The molecular formula is C23H23ClN4O2. The molecule has 7 heteroatoms. The van der Waals surface area contributed by atoms with E-state index in [9.17, 15) is 4.79 Å². The minimum Gasteiger partial charge on any atom is -0.496 e. The monoisotopic (exact) mass is 422 g/mol. The van der Waals surface area contributed by atoms with E-state index in [-0.39, 0.29) is 5.91 Å². The summed E-state index contributed by atoms with van der Waals surface area (Å²) in [5.41, 5.74) is 2.50. The van der Waals surface area contributed by atoms with Crippen molar-refractivity contribution < 1.29 is 9.53 Å². The van der Waals surface area contributed by atoms with E-state index in [0.717, 1.165) is 36.5 Å². The number of piperazine rings is 1. The number of benzene rings is 2. The van der Waals surface area contributed by atoms with Crippen LogP contribution in [-0.4, -0.2) is 59.0 Å². The molecule has 4 rings (SSSR count). The Labute approximate surface area is 181 Å². The molecule has 154 valence electrons. The van der Waals surface area contributed by atoms with Gasteiger partial charge in [0.25, 0.3) is 5.91 Å². The minimum atomic E-state index is -0.0328. The predicted octanol–water partition coefficient (Wildman–Crippen LogP) is 3.76. The summed E-state index contributed by atoms with van der Waals surface area (Å²) in [6.07, 6.45) is 3.22. The van der Waals surface area contributed by atoms with Crippen LogP contribution in [0.2, 0.25) is 5.02 Å². The average molecular weight is 423 g/mol. The second-order valence-electron chi connectivity index (χ2n) is 7.19. The van der Waals surface area contributed by atoms with E-state index in [1.807, 2.05) is 53.4 Å². The summed E-state index contributed by atoms with van der Waals surface area (Å²) >= 11 is 6.14. The lowest BCUT2D eigenvalue weighted by Crippen LogP contribution is -2.48. The zero-order valence-electron chi connectivity index (χ0n) is 16.8. The number of amides is 1. The lowest BCUT2D eigenvalue weighted by molar-refractivity contribution is 0.0626. The molecule has 1 aromatic heterocycles. The van der Waals surface area contributed by atoms with E-state index in [0.29, 0.717) is 29.5 Å². The van der Waals surface area contributed by atoms with Gasteiger partial charge in [-0.2, -0.15) is 0 Å². The topological polar surface area (TPSA) is 58.6 Å². The van der Waals surface area contributed by atoms with Crippen LogP contribution in [0.5, 0.6) is 5.75 Å². The van der Waals surface area contributed by atoms with Crippen LogP contribution < -0.4 is 4.74 Å². The van der Waals surface area contributed by atoms with Gasteiger partial charge < -0.3 is 9.64 Å². The first-order valence-corrected chi connectivity index (χ1v) is 10.2. The Balaban J connectivity index is 1.36. The number of aromatic nitrogens is 2. The van der Waals surface area contributed by atoms with Crippen molar-refractivity contribution in [1.29, 1.82) is 0 Å². The van der Waals surface area contributed by atoms with E-state index in [2.05, 4.69) is 14.9 Å². The minimum absolute atomic E-state index is 0.0328. The highest BCUT2D eigenvalue weighted by atomic mass is 35.5. The van der Waals surface area contributed by atoms with Gasteiger partial charge in [-0.05, 0) is 18.2 Å². The van der Waals surface area contributed by atoms with E-state index in [1.54, 1.807) is 19.5 Å². The average Bonchev–Trinajstić information content (AvgIpc) is 2.80. The van der Waals surface area contributed by atoms with Gasteiger partial charge in [-0.3, -0.25) is 9.69 Å². The first-order chi connectivity index (χ1) is 14.6. The van der Waals surface area contributed by atoms with Crippen LogP contribution in [0.3, 0.4) is 0 Å². The van der Waals surface area contributed by atoms with Crippen molar-refractivity contribution in [3.63, 3.8) is 0 Å². The normalized spacial score (nSPS) is 14.5. The molecule has 0 aliphatic carbocycles. The van der Waals surface area contributed by atoms with Crippen molar-refractivity contribution in [3.05, 3.63) is 77.1 Å². The smallest absolute Gasteiger partial charge is 0.257 e. The van der Waals surface area contributed by atoms with Crippen LogP contribution in [-0.2, 0) is 6.54 Å². The molecule has 1 saturated heterocycles. The maximum Gasteiger partial charge on any atom is 0.257 e. The number of carbonyl (C=O) groups excluding carboxylic acids is 1. The third-order valence-corrected chi connectivity index (χ3v) is 5.46. The lowest BCUT2D eigenvalue weighted by Gasteiger charge is -2.35. The molecule has 2 heterocycles. The number of ether oxygens (including phenoxy) is 1. The van der Waals surface area contributed by atoms with E-state index in [4.69, 9.17) is 16.3 Å². The number of rotatable bonds is 5.